The third-order valence-corrected chi connectivity index (χ3v) is 3.27. The highest BCUT2D eigenvalue weighted by atomic mass is 16.1. The summed E-state index contributed by atoms with van der Waals surface area (Å²) < 4.78 is 0. The molecule has 17 heavy (non-hydrogen) atoms. The molecule has 1 aromatic rings. The van der Waals surface area contributed by atoms with E-state index in [0.29, 0.717) is 0 Å². The van der Waals surface area contributed by atoms with Crippen LogP contribution in [-0.4, -0.2) is 37.0 Å². The maximum absolute atomic E-state index is 11.2. The van der Waals surface area contributed by atoms with Gasteiger partial charge in [0.2, 0.25) is 0 Å². The highest BCUT2D eigenvalue weighted by molar-refractivity contribution is 5.55. The smallest absolute Gasteiger partial charge is 0.146 e. The molecule has 0 bridgehead atoms. The molecule has 0 aliphatic carbocycles. The summed E-state index contributed by atoms with van der Waals surface area (Å²) in [6.45, 7) is 5.72. The third kappa shape index (κ3) is 2.76. The predicted octanol–water partition coefficient (Wildman–Crippen LogP) is 1.41. The fourth-order valence-electron chi connectivity index (χ4n) is 2.23. The van der Waals surface area contributed by atoms with Crippen LogP contribution in [0.2, 0.25) is 0 Å². The van der Waals surface area contributed by atoms with Crippen LogP contribution in [0.3, 0.4) is 0 Å². The van der Waals surface area contributed by atoms with Crippen LogP contribution in [0.15, 0.2) is 36.0 Å². The minimum Gasteiger partial charge on any atom is -0.363 e. The van der Waals surface area contributed by atoms with Crippen LogP contribution in [0, 0.1) is 0 Å². The van der Waals surface area contributed by atoms with Crippen molar-refractivity contribution in [3.63, 3.8) is 0 Å². The van der Waals surface area contributed by atoms with Gasteiger partial charge in [-0.3, -0.25) is 0 Å². The SMILES string of the molecule is CC(C(=C=O)N1CCNCC1)c1ccccc1. The highest BCUT2D eigenvalue weighted by Gasteiger charge is 2.20. The fourth-order valence-corrected chi connectivity index (χ4v) is 2.23. The molecular formula is C14H18N2O. The second-order valence-electron chi connectivity index (χ2n) is 4.36. The second-order valence-corrected chi connectivity index (χ2v) is 4.36. The molecule has 1 aromatic carbocycles. The number of benzene rings is 1. The summed E-state index contributed by atoms with van der Waals surface area (Å²) >= 11 is 0. The molecule has 1 aliphatic rings. The summed E-state index contributed by atoms with van der Waals surface area (Å²) in [7, 11) is 0. The Balaban J connectivity index is 2.16. The first-order valence-electron chi connectivity index (χ1n) is 6.08. The lowest BCUT2D eigenvalue weighted by Gasteiger charge is -2.32. The maximum atomic E-state index is 11.2. The summed E-state index contributed by atoms with van der Waals surface area (Å²) in [6.07, 6.45) is 0. The van der Waals surface area contributed by atoms with Gasteiger partial charge in [-0.05, 0) is 5.56 Å². The third-order valence-electron chi connectivity index (χ3n) is 3.27. The molecule has 3 nitrogen and oxygen atoms in total. The van der Waals surface area contributed by atoms with Crippen molar-refractivity contribution >= 4 is 5.94 Å². The predicted molar refractivity (Wildman–Crippen MR) is 68.5 cm³/mol. The van der Waals surface area contributed by atoms with Crippen molar-refractivity contribution < 1.29 is 4.79 Å². The number of allylic oxidation sites excluding steroid dienone is 1. The van der Waals surface area contributed by atoms with Crippen molar-refractivity contribution in [2.45, 2.75) is 12.8 Å². The van der Waals surface area contributed by atoms with Gasteiger partial charge in [0, 0.05) is 32.1 Å². The molecule has 1 unspecified atom stereocenters. The van der Waals surface area contributed by atoms with Crippen molar-refractivity contribution in [1.29, 1.82) is 0 Å². The maximum Gasteiger partial charge on any atom is 0.146 e. The van der Waals surface area contributed by atoms with Gasteiger partial charge in [-0.1, -0.05) is 37.3 Å². The van der Waals surface area contributed by atoms with Crippen molar-refractivity contribution in [2.24, 2.45) is 0 Å². The zero-order chi connectivity index (χ0) is 12.1. The van der Waals surface area contributed by atoms with E-state index in [1.165, 1.54) is 5.56 Å². The van der Waals surface area contributed by atoms with Crippen LogP contribution in [0.1, 0.15) is 18.4 Å². The van der Waals surface area contributed by atoms with E-state index >= 15 is 0 Å². The molecule has 0 aromatic heterocycles. The number of hydrogen-bond donors (Lipinski definition) is 1. The summed E-state index contributed by atoms with van der Waals surface area (Å²) in [4.78, 5) is 13.3. The summed E-state index contributed by atoms with van der Waals surface area (Å²) in [5.41, 5.74) is 1.95. The Morgan fingerprint density at radius 2 is 1.94 bits per heavy atom. The lowest BCUT2D eigenvalue weighted by atomic mass is 9.97. The summed E-state index contributed by atoms with van der Waals surface area (Å²) in [6, 6.07) is 10.1. The van der Waals surface area contributed by atoms with Crippen LogP contribution in [0.4, 0.5) is 0 Å². The number of nitrogens with one attached hydrogen (secondary N) is 1. The standard InChI is InChI=1S/C14H18N2O/c1-12(13-5-3-2-4-6-13)14(11-17)16-9-7-15-8-10-16/h2-6,12,15H,7-10H2,1H3. The van der Waals surface area contributed by atoms with Gasteiger partial charge in [0.15, 0.2) is 0 Å². The molecule has 3 heteroatoms. The van der Waals surface area contributed by atoms with E-state index in [1.54, 1.807) is 0 Å². The van der Waals surface area contributed by atoms with Gasteiger partial charge in [0.25, 0.3) is 0 Å². The van der Waals surface area contributed by atoms with Gasteiger partial charge in [-0.25, -0.2) is 4.79 Å². The molecular weight excluding hydrogens is 212 g/mol. The Labute approximate surface area is 102 Å². The Morgan fingerprint density at radius 1 is 1.29 bits per heavy atom. The van der Waals surface area contributed by atoms with Crippen molar-refractivity contribution in [3.05, 3.63) is 41.6 Å². The van der Waals surface area contributed by atoms with Crippen LogP contribution in [-0.2, 0) is 4.79 Å². The molecule has 1 heterocycles. The minimum absolute atomic E-state index is 0.117. The van der Waals surface area contributed by atoms with Crippen molar-refractivity contribution in [2.75, 3.05) is 26.2 Å². The van der Waals surface area contributed by atoms with Crippen LogP contribution in [0.25, 0.3) is 0 Å². The summed E-state index contributed by atoms with van der Waals surface area (Å²) in [5, 5.41) is 3.29. The van der Waals surface area contributed by atoms with Gasteiger partial charge in [0.1, 0.15) is 11.6 Å². The van der Waals surface area contributed by atoms with E-state index < -0.39 is 0 Å². The van der Waals surface area contributed by atoms with Gasteiger partial charge >= 0.3 is 0 Å². The van der Waals surface area contributed by atoms with E-state index in [-0.39, 0.29) is 5.92 Å². The number of piperazine rings is 1. The van der Waals surface area contributed by atoms with Crippen molar-refractivity contribution in [3.8, 4) is 0 Å². The van der Waals surface area contributed by atoms with Gasteiger partial charge < -0.3 is 10.2 Å². The second kappa shape index (κ2) is 5.67. The molecule has 0 spiro atoms. The molecule has 0 saturated carbocycles. The molecule has 0 radical (unpaired) electrons. The minimum atomic E-state index is 0.117. The topological polar surface area (TPSA) is 32.3 Å². The largest absolute Gasteiger partial charge is 0.363 e. The number of nitrogens with zero attached hydrogens (tertiary/aromatic N) is 1. The summed E-state index contributed by atoms with van der Waals surface area (Å²) in [5.74, 6) is 2.25. The molecule has 1 atom stereocenters. The van der Waals surface area contributed by atoms with Crippen molar-refractivity contribution in [1.82, 2.24) is 10.2 Å². The normalized spacial score (nSPS) is 17.4. The monoisotopic (exact) mass is 230 g/mol. The van der Waals surface area contributed by atoms with Crippen LogP contribution >= 0.6 is 0 Å². The van der Waals surface area contributed by atoms with E-state index in [0.717, 1.165) is 31.9 Å². The number of carbonyl (C=O) groups excluding carboxylic acids is 1. The fraction of sp³-hybridized carbons (Fsp3) is 0.429. The Morgan fingerprint density at radius 3 is 2.53 bits per heavy atom. The lowest BCUT2D eigenvalue weighted by molar-refractivity contribution is 0.287. The molecule has 1 fully saturated rings. The number of rotatable bonds is 3. The molecule has 90 valence electrons. The van der Waals surface area contributed by atoms with E-state index in [4.69, 9.17) is 0 Å². The molecule has 0 amide bonds. The Hall–Kier alpha value is -1.57. The highest BCUT2D eigenvalue weighted by Crippen LogP contribution is 2.24. The zero-order valence-corrected chi connectivity index (χ0v) is 10.1. The van der Waals surface area contributed by atoms with Crippen LogP contribution < -0.4 is 5.32 Å². The van der Waals surface area contributed by atoms with Gasteiger partial charge in [-0.15, -0.1) is 0 Å². The molecule has 1 N–H and O–H groups in total. The average Bonchev–Trinajstić information content (AvgIpc) is 2.42. The first-order chi connectivity index (χ1) is 8.33. The Bertz CT molecular complexity index is 403. The average molecular weight is 230 g/mol. The lowest BCUT2D eigenvalue weighted by Crippen LogP contribution is -2.43. The first-order valence-corrected chi connectivity index (χ1v) is 6.08. The first kappa shape index (κ1) is 11.9. The quantitative estimate of drug-likeness (QED) is 0.797. The van der Waals surface area contributed by atoms with Crippen LogP contribution in [0.5, 0.6) is 0 Å². The zero-order valence-electron chi connectivity index (χ0n) is 10.1. The van der Waals surface area contributed by atoms with Gasteiger partial charge in [-0.2, -0.15) is 0 Å². The molecule has 1 saturated heterocycles. The van der Waals surface area contributed by atoms with E-state index in [1.807, 2.05) is 18.2 Å². The van der Waals surface area contributed by atoms with E-state index in [9.17, 15) is 4.79 Å². The Kier molecular flexibility index (Phi) is 3.97. The van der Waals surface area contributed by atoms with E-state index in [2.05, 4.69) is 35.2 Å². The molecule has 1 aliphatic heterocycles. The number of hydrogen-bond acceptors (Lipinski definition) is 3. The van der Waals surface area contributed by atoms with Gasteiger partial charge in [0.05, 0.1) is 0 Å². The molecule has 2 rings (SSSR count).